The number of nitrogens with two attached hydrogens (primary N) is 1. The average molecular weight is 316 g/mol. The molecule has 0 unspecified atom stereocenters. The lowest BCUT2D eigenvalue weighted by Gasteiger charge is -2.11. The van der Waals surface area contributed by atoms with Crippen LogP contribution in [0.25, 0.3) is 10.9 Å². The Morgan fingerprint density at radius 2 is 2.04 bits per heavy atom. The molecule has 0 aliphatic rings. The SMILES string of the molecule is CCCCn1cc(CCCN)c2cc(C(C)C)cc(C(=O)O)c21. The van der Waals surface area contributed by atoms with Crippen molar-refractivity contribution in [2.75, 3.05) is 6.54 Å². The average Bonchev–Trinajstić information content (AvgIpc) is 2.87. The highest BCUT2D eigenvalue weighted by Gasteiger charge is 2.18. The van der Waals surface area contributed by atoms with Crippen LogP contribution in [0.15, 0.2) is 18.3 Å². The second-order valence-electron chi connectivity index (χ2n) is 6.52. The number of carbonyl (C=O) groups is 1. The number of fused-ring (bicyclic) bond motifs is 1. The van der Waals surface area contributed by atoms with Gasteiger partial charge in [-0.1, -0.05) is 27.2 Å². The zero-order chi connectivity index (χ0) is 17.0. The molecular formula is C19H28N2O2. The van der Waals surface area contributed by atoms with Crippen molar-refractivity contribution >= 4 is 16.9 Å². The van der Waals surface area contributed by atoms with Gasteiger partial charge in [-0.05, 0) is 55.0 Å². The molecule has 0 radical (unpaired) electrons. The number of hydrogen-bond donors (Lipinski definition) is 2. The van der Waals surface area contributed by atoms with Crippen molar-refractivity contribution in [2.45, 2.75) is 58.9 Å². The van der Waals surface area contributed by atoms with Crippen molar-refractivity contribution in [1.29, 1.82) is 0 Å². The minimum atomic E-state index is -0.848. The Morgan fingerprint density at radius 1 is 1.30 bits per heavy atom. The van der Waals surface area contributed by atoms with E-state index in [1.54, 1.807) is 0 Å². The van der Waals surface area contributed by atoms with Gasteiger partial charge in [0.25, 0.3) is 0 Å². The Balaban J connectivity index is 2.68. The number of aromatic carboxylic acids is 1. The number of carboxylic acids is 1. The Hall–Kier alpha value is -1.81. The first-order valence-corrected chi connectivity index (χ1v) is 8.58. The van der Waals surface area contributed by atoms with Gasteiger partial charge in [0.1, 0.15) is 0 Å². The first-order chi connectivity index (χ1) is 11.0. The lowest BCUT2D eigenvalue weighted by Crippen LogP contribution is -2.05. The number of unbranched alkanes of at least 4 members (excludes halogenated alkanes) is 1. The molecule has 2 aromatic rings. The monoisotopic (exact) mass is 316 g/mol. The molecule has 0 aliphatic heterocycles. The molecule has 1 heterocycles. The van der Waals surface area contributed by atoms with Crippen LogP contribution in [0.2, 0.25) is 0 Å². The van der Waals surface area contributed by atoms with E-state index >= 15 is 0 Å². The second-order valence-corrected chi connectivity index (χ2v) is 6.52. The molecule has 4 nitrogen and oxygen atoms in total. The summed E-state index contributed by atoms with van der Waals surface area (Å²) in [7, 11) is 0. The molecule has 2 rings (SSSR count). The van der Waals surface area contributed by atoms with E-state index in [1.807, 2.05) is 6.07 Å². The summed E-state index contributed by atoms with van der Waals surface area (Å²) in [5, 5.41) is 10.8. The van der Waals surface area contributed by atoms with Crippen LogP contribution in [0.1, 0.15) is 67.4 Å². The van der Waals surface area contributed by atoms with Gasteiger partial charge in [0.2, 0.25) is 0 Å². The molecule has 0 atom stereocenters. The second kappa shape index (κ2) is 7.64. The van der Waals surface area contributed by atoms with Crippen LogP contribution in [0.5, 0.6) is 0 Å². The van der Waals surface area contributed by atoms with Crippen LogP contribution >= 0.6 is 0 Å². The van der Waals surface area contributed by atoms with Gasteiger partial charge < -0.3 is 15.4 Å². The fourth-order valence-corrected chi connectivity index (χ4v) is 3.03. The van der Waals surface area contributed by atoms with Crippen LogP contribution in [0.3, 0.4) is 0 Å². The van der Waals surface area contributed by atoms with Crippen molar-refractivity contribution in [2.24, 2.45) is 5.73 Å². The fourth-order valence-electron chi connectivity index (χ4n) is 3.03. The molecular weight excluding hydrogens is 288 g/mol. The molecule has 4 heteroatoms. The van der Waals surface area contributed by atoms with Crippen molar-refractivity contribution in [3.8, 4) is 0 Å². The van der Waals surface area contributed by atoms with Gasteiger partial charge in [-0.2, -0.15) is 0 Å². The van der Waals surface area contributed by atoms with Crippen LogP contribution in [-0.4, -0.2) is 22.2 Å². The van der Waals surface area contributed by atoms with E-state index in [1.165, 1.54) is 5.56 Å². The summed E-state index contributed by atoms with van der Waals surface area (Å²) in [5.41, 5.74) is 9.24. The maximum Gasteiger partial charge on any atom is 0.337 e. The summed E-state index contributed by atoms with van der Waals surface area (Å²) in [5.74, 6) is -0.544. The van der Waals surface area contributed by atoms with Crippen molar-refractivity contribution < 1.29 is 9.90 Å². The summed E-state index contributed by atoms with van der Waals surface area (Å²) in [6.45, 7) is 7.85. The van der Waals surface area contributed by atoms with Gasteiger partial charge in [-0.15, -0.1) is 0 Å². The molecule has 0 fully saturated rings. The number of carboxylic acid groups (broad SMARTS) is 1. The van der Waals surface area contributed by atoms with E-state index in [2.05, 4.69) is 37.6 Å². The molecule has 126 valence electrons. The molecule has 0 saturated heterocycles. The lowest BCUT2D eigenvalue weighted by atomic mass is 9.96. The number of aromatic nitrogens is 1. The van der Waals surface area contributed by atoms with Gasteiger partial charge in [-0.3, -0.25) is 0 Å². The molecule has 0 aliphatic carbocycles. The Bertz CT molecular complexity index is 686. The predicted octanol–water partition coefficient (Wildman–Crippen LogP) is 4.15. The molecule has 0 spiro atoms. The smallest absolute Gasteiger partial charge is 0.337 e. The van der Waals surface area contributed by atoms with Crippen molar-refractivity contribution in [3.05, 3.63) is 35.0 Å². The summed E-state index contributed by atoms with van der Waals surface area (Å²) in [6, 6.07) is 4.01. The van der Waals surface area contributed by atoms with E-state index in [4.69, 9.17) is 5.73 Å². The molecule has 0 bridgehead atoms. The van der Waals surface area contributed by atoms with Gasteiger partial charge in [-0.25, -0.2) is 4.79 Å². The molecule has 0 saturated carbocycles. The third-order valence-corrected chi connectivity index (χ3v) is 4.38. The topological polar surface area (TPSA) is 68.2 Å². The summed E-state index contributed by atoms with van der Waals surface area (Å²) >= 11 is 0. The standard InChI is InChI=1S/C19H28N2O2/c1-4-5-9-21-12-14(7-6-8-20)16-10-15(13(2)3)11-17(18(16)21)19(22)23/h10-13H,4-9,20H2,1-3H3,(H,22,23). The number of nitrogens with zero attached hydrogens (tertiary/aromatic N) is 1. The van der Waals surface area contributed by atoms with Crippen LogP contribution < -0.4 is 5.73 Å². The Labute approximate surface area is 138 Å². The van der Waals surface area contributed by atoms with E-state index in [9.17, 15) is 9.90 Å². The lowest BCUT2D eigenvalue weighted by molar-refractivity contribution is 0.0698. The highest BCUT2D eigenvalue weighted by molar-refractivity contribution is 6.04. The number of benzene rings is 1. The van der Waals surface area contributed by atoms with Crippen LogP contribution in [-0.2, 0) is 13.0 Å². The summed E-state index contributed by atoms with van der Waals surface area (Å²) in [6.07, 6.45) is 6.08. The molecule has 3 N–H and O–H groups in total. The number of rotatable bonds is 8. The molecule has 1 aromatic carbocycles. The van der Waals surface area contributed by atoms with Gasteiger partial charge in [0, 0.05) is 18.1 Å². The van der Waals surface area contributed by atoms with Crippen LogP contribution in [0.4, 0.5) is 0 Å². The largest absolute Gasteiger partial charge is 0.478 e. The maximum atomic E-state index is 11.8. The molecule has 0 amide bonds. The maximum absolute atomic E-state index is 11.8. The Kier molecular flexibility index (Phi) is 5.83. The van der Waals surface area contributed by atoms with Gasteiger partial charge >= 0.3 is 5.97 Å². The molecule has 1 aromatic heterocycles. The highest BCUT2D eigenvalue weighted by atomic mass is 16.4. The number of hydrogen-bond acceptors (Lipinski definition) is 2. The van der Waals surface area contributed by atoms with E-state index in [-0.39, 0.29) is 0 Å². The van der Waals surface area contributed by atoms with E-state index in [0.29, 0.717) is 18.0 Å². The number of aryl methyl sites for hydroxylation is 2. The summed E-state index contributed by atoms with van der Waals surface area (Å²) < 4.78 is 2.12. The quantitative estimate of drug-likeness (QED) is 0.768. The third-order valence-electron chi connectivity index (χ3n) is 4.38. The highest BCUT2D eigenvalue weighted by Crippen LogP contribution is 2.30. The zero-order valence-corrected chi connectivity index (χ0v) is 14.4. The van der Waals surface area contributed by atoms with Crippen molar-refractivity contribution in [3.63, 3.8) is 0 Å². The summed E-state index contributed by atoms with van der Waals surface area (Å²) in [4.78, 5) is 11.8. The van der Waals surface area contributed by atoms with Crippen LogP contribution in [0, 0.1) is 0 Å². The third kappa shape index (κ3) is 3.75. The first-order valence-electron chi connectivity index (χ1n) is 8.58. The fraction of sp³-hybridized carbons (Fsp3) is 0.526. The normalized spacial score (nSPS) is 11.5. The minimum Gasteiger partial charge on any atom is -0.478 e. The van der Waals surface area contributed by atoms with E-state index in [0.717, 1.165) is 48.7 Å². The van der Waals surface area contributed by atoms with Crippen molar-refractivity contribution in [1.82, 2.24) is 4.57 Å². The predicted molar refractivity (Wildman–Crippen MR) is 95.3 cm³/mol. The van der Waals surface area contributed by atoms with E-state index < -0.39 is 5.97 Å². The zero-order valence-electron chi connectivity index (χ0n) is 14.4. The van der Waals surface area contributed by atoms with Gasteiger partial charge in [0.15, 0.2) is 0 Å². The molecule has 23 heavy (non-hydrogen) atoms. The first kappa shape index (κ1) is 17.5. The Morgan fingerprint density at radius 3 is 2.61 bits per heavy atom. The van der Waals surface area contributed by atoms with Gasteiger partial charge in [0.05, 0.1) is 11.1 Å². The minimum absolute atomic E-state index is 0.304.